The number of imide groups is 1. The highest BCUT2D eigenvalue weighted by molar-refractivity contribution is 6.08. The number of amides is 4. The molecule has 0 spiro atoms. The highest BCUT2D eigenvalue weighted by Gasteiger charge is 2.51. The molecule has 0 aliphatic carbocycles. The van der Waals surface area contributed by atoms with Crippen molar-refractivity contribution in [3.63, 3.8) is 0 Å². The maximum atomic E-state index is 12.8. The molecule has 0 saturated carbocycles. The van der Waals surface area contributed by atoms with E-state index in [-0.39, 0.29) is 25.3 Å². The fourth-order valence-electron chi connectivity index (χ4n) is 2.87. The summed E-state index contributed by atoms with van der Waals surface area (Å²) in [6.07, 6.45) is 3.01. The van der Waals surface area contributed by atoms with E-state index in [2.05, 4.69) is 5.32 Å². The Morgan fingerprint density at radius 3 is 2.67 bits per heavy atom. The van der Waals surface area contributed by atoms with E-state index < -0.39 is 29.9 Å². The van der Waals surface area contributed by atoms with E-state index in [1.807, 2.05) is 6.07 Å². The predicted octanol–water partition coefficient (Wildman–Crippen LogP) is 1.58. The van der Waals surface area contributed by atoms with Crippen molar-refractivity contribution >= 4 is 17.8 Å². The number of urea groups is 1. The molecule has 1 unspecified atom stereocenters. The summed E-state index contributed by atoms with van der Waals surface area (Å²) >= 11 is 0. The summed E-state index contributed by atoms with van der Waals surface area (Å²) in [7, 11) is 0. The fraction of sp³-hybridized carbons (Fsp3) is 0.333. The van der Waals surface area contributed by atoms with Crippen molar-refractivity contribution in [1.29, 1.82) is 5.26 Å². The van der Waals surface area contributed by atoms with Gasteiger partial charge in [-0.3, -0.25) is 14.5 Å². The molecule has 3 heterocycles. The van der Waals surface area contributed by atoms with Crippen molar-refractivity contribution in [2.24, 2.45) is 0 Å². The van der Waals surface area contributed by atoms with Gasteiger partial charge < -0.3 is 19.1 Å². The lowest BCUT2D eigenvalue weighted by atomic mass is 9.99. The molecule has 1 saturated heterocycles. The number of hydrogen-bond donors (Lipinski definition) is 1. The van der Waals surface area contributed by atoms with E-state index in [9.17, 15) is 14.4 Å². The average molecular weight is 370 g/mol. The summed E-state index contributed by atoms with van der Waals surface area (Å²) in [4.78, 5) is 40.0. The largest absolute Gasteiger partial charge is 0.467 e. The van der Waals surface area contributed by atoms with Crippen LogP contribution < -0.4 is 5.32 Å². The van der Waals surface area contributed by atoms with Crippen LogP contribution in [0.25, 0.3) is 0 Å². The van der Waals surface area contributed by atoms with Crippen LogP contribution in [0.5, 0.6) is 0 Å². The number of nitrogens with zero attached hydrogens (tertiary/aromatic N) is 3. The van der Waals surface area contributed by atoms with Crippen molar-refractivity contribution in [3.05, 3.63) is 48.3 Å². The van der Waals surface area contributed by atoms with Gasteiger partial charge in [0.1, 0.15) is 18.1 Å². The zero-order chi connectivity index (χ0) is 19.4. The highest BCUT2D eigenvalue weighted by Crippen LogP contribution is 2.29. The number of rotatable bonds is 7. The Kier molecular flexibility index (Phi) is 4.98. The Labute approximate surface area is 155 Å². The van der Waals surface area contributed by atoms with Gasteiger partial charge in [0, 0.05) is 6.54 Å². The Hall–Kier alpha value is -3.54. The normalized spacial score (nSPS) is 19.0. The molecule has 1 aliphatic heterocycles. The second-order valence-corrected chi connectivity index (χ2v) is 6.23. The van der Waals surface area contributed by atoms with Gasteiger partial charge in [0.25, 0.3) is 5.91 Å². The van der Waals surface area contributed by atoms with Crippen molar-refractivity contribution < 1.29 is 23.2 Å². The lowest BCUT2D eigenvalue weighted by Gasteiger charge is -2.23. The van der Waals surface area contributed by atoms with E-state index >= 15 is 0 Å². The molecule has 2 aromatic rings. The highest BCUT2D eigenvalue weighted by atomic mass is 16.3. The SMILES string of the molecule is CC1(c2ccco2)NC(=O)N(CC(=O)N(CCC#N)Cc2ccco2)C1=O. The molecule has 1 N–H and O–H groups in total. The van der Waals surface area contributed by atoms with Crippen LogP contribution in [0.3, 0.4) is 0 Å². The summed E-state index contributed by atoms with van der Waals surface area (Å²) in [5, 5.41) is 11.4. The van der Waals surface area contributed by atoms with Crippen LogP contribution in [0.2, 0.25) is 0 Å². The molecular weight excluding hydrogens is 352 g/mol. The molecule has 0 aromatic carbocycles. The maximum Gasteiger partial charge on any atom is 0.325 e. The topological polar surface area (TPSA) is 120 Å². The van der Waals surface area contributed by atoms with Crippen molar-refractivity contribution in [1.82, 2.24) is 15.1 Å². The molecule has 2 aromatic heterocycles. The summed E-state index contributed by atoms with van der Waals surface area (Å²) < 4.78 is 10.5. The van der Waals surface area contributed by atoms with Gasteiger partial charge in [-0.15, -0.1) is 0 Å². The molecule has 27 heavy (non-hydrogen) atoms. The molecule has 0 bridgehead atoms. The standard InChI is InChI=1S/C18H18N4O5/c1-18(14-6-3-10-27-14)16(24)22(17(25)20-18)12-15(23)21(8-4-7-19)11-13-5-2-9-26-13/h2-3,5-6,9-10H,4,8,11-12H2,1H3,(H,20,25). The molecule has 4 amide bonds. The first-order valence-electron chi connectivity index (χ1n) is 8.31. The van der Waals surface area contributed by atoms with Crippen molar-refractivity contribution in [2.75, 3.05) is 13.1 Å². The van der Waals surface area contributed by atoms with Gasteiger partial charge in [-0.2, -0.15) is 5.26 Å². The number of carbonyl (C=O) groups excluding carboxylic acids is 3. The van der Waals surface area contributed by atoms with Gasteiger partial charge in [-0.1, -0.05) is 0 Å². The molecule has 9 nitrogen and oxygen atoms in total. The van der Waals surface area contributed by atoms with E-state index in [1.54, 1.807) is 24.3 Å². The first-order valence-corrected chi connectivity index (χ1v) is 8.31. The summed E-state index contributed by atoms with van der Waals surface area (Å²) in [6.45, 7) is 1.39. The first kappa shape index (κ1) is 18.3. The van der Waals surface area contributed by atoms with E-state index in [1.165, 1.54) is 24.3 Å². The zero-order valence-electron chi connectivity index (χ0n) is 14.7. The monoisotopic (exact) mass is 370 g/mol. The molecule has 0 radical (unpaired) electrons. The van der Waals surface area contributed by atoms with E-state index in [4.69, 9.17) is 14.1 Å². The van der Waals surface area contributed by atoms with Crippen LogP contribution in [0.1, 0.15) is 24.9 Å². The van der Waals surface area contributed by atoms with Gasteiger partial charge in [0.2, 0.25) is 5.91 Å². The molecule has 1 aliphatic rings. The van der Waals surface area contributed by atoms with Gasteiger partial charge in [-0.25, -0.2) is 4.79 Å². The minimum absolute atomic E-state index is 0.122. The molecule has 3 rings (SSSR count). The third-order valence-corrected chi connectivity index (χ3v) is 4.36. The second kappa shape index (κ2) is 7.37. The number of furan rings is 2. The Bertz CT molecular complexity index is 868. The van der Waals surface area contributed by atoms with Crippen LogP contribution in [-0.4, -0.2) is 40.7 Å². The maximum absolute atomic E-state index is 12.8. The minimum Gasteiger partial charge on any atom is -0.467 e. The molecule has 1 fully saturated rings. The number of nitrogens with one attached hydrogen (secondary N) is 1. The summed E-state index contributed by atoms with van der Waals surface area (Å²) in [5.41, 5.74) is -1.36. The van der Waals surface area contributed by atoms with E-state index in [0.717, 1.165) is 4.90 Å². The number of carbonyl (C=O) groups is 3. The van der Waals surface area contributed by atoms with E-state index in [0.29, 0.717) is 5.76 Å². The smallest absolute Gasteiger partial charge is 0.325 e. The third-order valence-electron chi connectivity index (χ3n) is 4.36. The second-order valence-electron chi connectivity index (χ2n) is 6.23. The average Bonchev–Trinajstić information content (AvgIpc) is 3.38. The third kappa shape index (κ3) is 3.55. The Morgan fingerprint density at radius 1 is 1.30 bits per heavy atom. The lowest BCUT2D eigenvalue weighted by Crippen LogP contribution is -2.44. The van der Waals surface area contributed by atoms with Crippen LogP contribution in [0.4, 0.5) is 4.79 Å². The van der Waals surface area contributed by atoms with Crippen molar-refractivity contribution in [3.8, 4) is 6.07 Å². The van der Waals surface area contributed by atoms with Crippen LogP contribution in [-0.2, 0) is 21.7 Å². The number of hydrogen-bond acceptors (Lipinski definition) is 6. The molecular formula is C18H18N4O5. The predicted molar refractivity (Wildman–Crippen MR) is 90.7 cm³/mol. The molecule has 140 valence electrons. The number of nitriles is 1. The van der Waals surface area contributed by atoms with Crippen LogP contribution in [0.15, 0.2) is 45.6 Å². The van der Waals surface area contributed by atoms with Gasteiger partial charge >= 0.3 is 6.03 Å². The molecule has 1 atom stereocenters. The first-order chi connectivity index (χ1) is 13.0. The van der Waals surface area contributed by atoms with Gasteiger partial charge in [0.15, 0.2) is 5.54 Å². The van der Waals surface area contributed by atoms with Crippen LogP contribution >= 0.6 is 0 Å². The summed E-state index contributed by atoms with van der Waals surface area (Å²) in [5.74, 6) is -0.213. The molecule has 9 heteroatoms. The fourth-order valence-corrected chi connectivity index (χ4v) is 2.87. The minimum atomic E-state index is -1.36. The Morgan fingerprint density at radius 2 is 2.04 bits per heavy atom. The van der Waals surface area contributed by atoms with Gasteiger partial charge in [0.05, 0.1) is 31.6 Å². The lowest BCUT2D eigenvalue weighted by molar-refractivity contribution is -0.139. The van der Waals surface area contributed by atoms with Crippen molar-refractivity contribution in [2.45, 2.75) is 25.4 Å². The summed E-state index contributed by atoms with van der Waals surface area (Å²) in [6, 6.07) is 7.89. The quantitative estimate of drug-likeness (QED) is 0.739. The Balaban J connectivity index is 1.74. The zero-order valence-corrected chi connectivity index (χ0v) is 14.7. The van der Waals surface area contributed by atoms with Crippen LogP contribution in [0, 0.1) is 11.3 Å². The van der Waals surface area contributed by atoms with Gasteiger partial charge in [-0.05, 0) is 31.2 Å².